The van der Waals surface area contributed by atoms with E-state index >= 15 is 0 Å². The Morgan fingerprint density at radius 3 is 2.66 bits per heavy atom. The summed E-state index contributed by atoms with van der Waals surface area (Å²) in [5, 5.41) is 2.74. The Labute approximate surface area is 170 Å². The molecule has 1 aliphatic rings. The molecule has 1 aliphatic heterocycles. The van der Waals surface area contributed by atoms with Crippen molar-refractivity contribution in [3.63, 3.8) is 0 Å². The van der Waals surface area contributed by atoms with E-state index in [2.05, 4.69) is 5.32 Å². The Morgan fingerprint density at radius 2 is 1.97 bits per heavy atom. The van der Waals surface area contributed by atoms with Gasteiger partial charge in [0.25, 0.3) is 0 Å². The van der Waals surface area contributed by atoms with Crippen molar-refractivity contribution in [1.29, 1.82) is 0 Å². The molecule has 0 unspecified atom stereocenters. The largest absolute Gasteiger partial charge is 0.494 e. The van der Waals surface area contributed by atoms with Crippen LogP contribution in [0.3, 0.4) is 0 Å². The zero-order chi connectivity index (χ0) is 21.0. The molecule has 0 saturated carbocycles. The molecule has 1 saturated heterocycles. The Balaban J connectivity index is 1.72. The van der Waals surface area contributed by atoms with Crippen LogP contribution in [0.25, 0.3) is 0 Å². The third-order valence-corrected chi connectivity index (χ3v) is 6.86. The molecular formula is C21H25FN2O4S. The standard InChI is InChI=1S/C21H25FN2O4S/c1-3-28-18-8-10-19(11-9-18)29(26,27)24-12-4-5-16(14-24)21(25)23-20-13-17(22)7-6-15(20)2/h6-11,13,16H,3-5,12,14H2,1-2H3,(H,23,25)/t16-/m1/s1. The van der Waals surface area contributed by atoms with Crippen molar-refractivity contribution in [2.75, 3.05) is 25.0 Å². The van der Waals surface area contributed by atoms with Crippen LogP contribution in [0.1, 0.15) is 25.3 Å². The average molecular weight is 421 g/mol. The maximum atomic E-state index is 13.5. The summed E-state index contributed by atoms with van der Waals surface area (Å²) in [4.78, 5) is 12.9. The molecule has 0 radical (unpaired) electrons. The number of benzene rings is 2. The van der Waals surface area contributed by atoms with E-state index in [9.17, 15) is 17.6 Å². The van der Waals surface area contributed by atoms with Crippen molar-refractivity contribution in [2.24, 2.45) is 5.92 Å². The van der Waals surface area contributed by atoms with Gasteiger partial charge in [0.15, 0.2) is 0 Å². The van der Waals surface area contributed by atoms with E-state index in [4.69, 9.17) is 4.74 Å². The van der Waals surface area contributed by atoms with Gasteiger partial charge in [-0.25, -0.2) is 12.8 Å². The zero-order valence-electron chi connectivity index (χ0n) is 16.5. The van der Waals surface area contributed by atoms with E-state index in [-0.39, 0.29) is 17.3 Å². The van der Waals surface area contributed by atoms with E-state index < -0.39 is 21.8 Å². The highest BCUT2D eigenvalue weighted by molar-refractivity contribution is 7.89. The van der Waals surface area contributed by atoms with Crippen molar-refractivity contribution in [3.05, 3.63) is 53.8 Å². The number of amides is 1. The first-order chi connectivity index (χ1) is 13.8. The summed E-state index contributed by atoms with van der Waals surface area (Å²) in [5.74, 6) is -0.628. The van der Waals surface area contributed by atoms with Crippen LogP contribution in [-0.2, 0) is 14.8 Å². The fourth-order valence-electron chi connectivity index (χ4n) is 3.36. The number of anilines is 1. The smallest absolute Gasteiger partial charge is 0.243 e. The van der Waals surface area contributed by atoms with E-state index in [1.54, 1.807) is 25.1 Å². The van der Waals surface area contributed by atoms with Crippen molar-refractivity contribution in [3.8, 4) is 5.75 Å². The van der Waals surface area contributed by atoms with Crippen LogP contribution >= 0.6 is 0 Å². The molecule has 0 spiro atoms. The molecule has 3 rings (SSSR count). The van der Waals surface area contributed by atoms with Gasteiger partial charge in [0.2, 0.25) is 15.9 Å². The highest BCUT2D eigenvalue weighted by Crippen LogP contribution is 2.26. The minimum absolute atomic E-state index is 0.0930. The second kappa shape index (κ2) is 8.92. The second-order valence-electron chi connectivity index (χ2n) is 7.06. The molecule has 0 bridgehead atoms. The number of nitrogens with one attached hydrogen (secondary N) is 1. The molecule has 8 heteroatoms. The summed E-state index contributed by atoms with van der Waals surface area (Å²) in [6.45, 7) is 4.58. The van der Waals surface area contributed by atoms with Gasteiger partial charge >= 0.3 is 0 Å². The number of piperidine rings is 1. The quantitative estimate of drug-likeness (QED) is 0.775. The Morgan fingerprint density at radius 1 is 1.24 bits per heavy atom. The number of sulfonamides is 1. The van der Waals surface area contributed by atoms with Gasteiger partial charge < -0.3 is 10.1 Å². The third kappa shape index (κ3) is 4.94. The van der Waals surface area contributed by atoms with E-state index in [0.29, 0.717) is 37.4 Å². The zero-order valence-corrected chi connectivity index (χ0v) is 17.3. The summed E-state index contributed by atoms with van der Waals surface area (Å²) in [6, 6.07) is 10.5. The topological polar surface area (TPSA) is 75.7 Å². The molecule has 2 aromatic carbocycles. The monoisotopic (exact) mass is 420 g/mol. The summed E-state index contributed by atoms with van der Waals surface area (Å²) in [6.07, 6.45) is 1.16. The number of nitrogens with zero attached hydrogens (tertiary/aromatic N) is 1. The van der Waals surface area contributed by atoms with Crippen LogP contribution < -0.4 is 10.1 Å². The van der Waals surface area contributed by atoms with E-state index in [1.807, 2.05) is 6.92 Å². The lowest BCUT2D eigenvalue weighted by molar-refractivity contribution is -0.120. The lowest BCUT2D eigenvalue weighted by Crippen LogP contribution is -2.43. The maximum absolute atomic E-state index is 13.5. The van der Waals surface area contributed by atoms with Gasteiger partial charge in [-0.15, -0.1) is 0 Å². The Hall–Kier alpha value is -2.45. The van der Waals surface area contributed by atoms with Crippen LogP contribution in [0, 0.1) is 18.7 Å². The molecular weight excluding hydrogens is 395 g/mol. The predicted octanol–water partition coefficient (Wildman–Crippen LogP) is 3.57. The number of ether oxygens (including phenoxy) is 1. The number of rotatable bonds is 6. The molecule has 29 heavy (non-hydrogen) atoms. The molecule has 1 amide bonds. The summed E-state index contributed by atoms with van der Waals surface area (Å²) >= 11 is 0. The van der Waals surface area contributed by atoms with Crippen molar-refractivity contribution < 1.29 is 22.3 Å². The van der Waals surface area contributed by atoms with Crippen LogP contribution in [0.4, 0.5) is 10.1 Å². The fourth-order valence-corrected chi connectivity index (χ4v) is 4.89. The minimum Gasteiger partial charge on any atom is -0.494 e. The van der Waals surface area contributed by atoms with E-state index in [1.165, 1.54) is 28.6 Å². The predicted molar refractivity (Wildman–Crippen MR) is 109 cm³/mol. The average Bonchev–Trinajstić information content (AvgIpc) is 2.71. The highest BCUT2D eigenvalue weighted by Gasteiger charge is 2.33. The Kier molecular flexibility index (Phi) is 6.54. The number of hydrogen-bond donors (Lipinski definition) is 1. The first-order valence-corrected chi connectivity index (χ1v) is 11.1. The first kappa shape index (κ1) is 21.3. The van der Waals surface area contributed by atoms with Crippen LogP contribution in [0.2, 0.25) is 0 Å². The van der Waals surface area contributed by atoms with Gasteiger partial charge in [-0.05, 0) is 68.7 Å². The van der Waals surface area contributed by atoms with Gasteiger partial charge in [0, 0.05) is 18.8 Å². The lowest BCUT2D eigenvalue weighted by Gasteiger charge is -2.31. The van der Waals surface area contributed by atoms with Gasteiger partial charge in [0.05, 0.1) is 17.4 Å². The lowest BCUT2D eigenvalue weighted by atomic mass is 9.98. The SMILES string of the molecule is CCOc1ccc(S(=O)(=O)N2CCC[C@@H](C(=O)Nc3cc(F)ccc3C)C2)cc1. The van der Waals surface area contributed by atoms with Gasteiger partial charge in [0.1, 0.15) is 11.6 Å². The van der Waals surface area contributed by atoms with Crippen LogP contribution in [0.15, 0.2) is 47.4 Å². The van der Waals surface area contributed by atoms with Crippen LogP contribution in [-0.4, -0.2) is 38.3 Å². The molecule has 2 aromatic rings. The summed E-state index contributed by atoms with van der Waals surface area (Å²) in [7, 11) is -3.71. The minimum atomic E-state index is -3.71. The molecule has 1 heterocycles. The molecule has 1 fully saturated rings. The van der Waals surface area contributed by atoms with Gasteiger partial charge in [-0.2, -0.15) is 4.31 Å². The molecule has 0 aliphatic carbocycles. The molecule has 6 nitrogen and oxygen atoms in total. The van der Waals surface area contributed by atoms with E-state index in [0.717, 1.165) is 5.56 Å². The molecule has 1 atom stereocenters. The maximum Gasteiger partial charge on any atom is 0.243 e. The molecule has 156 valence electrons. The Bertz CT molecular complexity index is 977. The highest BCUT2D eigenvalue weighted by atomic mass is 32.2. The number of carbonyl (C=O) groups is 1. The second-order valence-corrected chi connectivity index (χ2v) is 8.99. The van der Waals surface area contributed by atoms with Crippen molar-refractivity contribution in [1.82, 2.24) is 4.31 Å². The van der Waals surface area contributed by atoms with Crippen molar-refractivity contribution >= 4 is 21.6 Å². The summed E-state index contributed by atoms with van der Waals surface area (Å²) in [5.41, 5.74) is 1.15. The van der Waals surface area contributed by atoms with Crippen LogP contribution in [0.5, 0.6) is 5.75 Å². The molecule has 1 N–H and O–H groups in total. The number of hydrogen-bond acceptors (Lipinski definition) is 4. The third-order valence-electron chi connectivity index (χ3n) is 4.98. The number of carbonyl (C=O) groups excluding carboxylic acids is 1. The number of halogens is 1. The van der Waals surface area contributed by atoms with Gasteiger partial charge in [-0.1, -0.05) is 6.07 Å². The molecule has 0 aromatic heterocycles. The fraction of sp³-hybridized carbons (Fsp3) is 0.381. The first-order valence-electron chi connectivity index (χ1n) is 9.61. The van der Waals surface area contributed by atoms with Gasteiger partial charge in [-0.3, -0.25) is 4.79 Å². The van der Waals surface area contributed by atoms with Crippen molar-refractivity contribution in [2.45, 2.75) is 31.6 Å². The number of aryl methyl sites for hydroxylation is 1. The summed E-state index contributed by atoms with van der Waals surface area (Å²) < 4.78 is 46.1. The normalized spacial score (nSPS) is 17.7.